The zero-order valence-electron chi connectivity index (χ0n) is 10.0. The molecule has 0 unspecified atom stereocenters. The summed E-state index contributed by atoms with van der Waals surface area (Å²) in [6.07, 6.45) is 4.31. The van der Waals surface area contributed by atoms with Gasteiger partial charge in [0, 0.05) is 26.1 Å². The van der Waals surface area contributed by atoms with Crippen LogP contribution < -0.4 is 5.14 Å². The lowest BCUT2D eigenvalue weighted by atomic mass is 10.1. The van der Waals surface area contributed by atoms with Gasteiger partial charge in [0.25, 0.3) is 10.0 Å². The van der Waals surface area contributed by atoms with Crippen LogP contribution in [0.15, 0.2) is 5.10 Å². The molecule has 0 aliphatic carbocycles. The molecule has 0 saturated carbocycles. The fourth-order valence-corrected chi connectivity index (χ4v) is 2.89. The van der Waals surface area contributed by atoms with Crippen molar-refractivity contribution in [2.45, 2.75) is 25.7 Å². The maximum Gasteiger partial charge on any atom is 0.253 e. The number of primary sulfonamides is 1. The highest BCUT2D eigenvalue weighted by Gasteiger charge is 2.23. The molecule has 0 spiro atoms. The van der Waals surface area contributed by atoms with E-state index in [1.54, 1.807) is 0 Å². The smallest absolute Gasteiger partial charge is 0.253 e. The summed E-state index contributed by atoms with van der Waals surface area (Å²) in [4.78, 5) is 2.41. The van der Waals surface area contributed by atoms with Crippen molar-refractivity contribution < 1.29 is 8.42 Å². The Morgan fingerprint density at radius 3 is 2.41 bits per heavy atom. The largest absolute Gasteiger partial charge is 0.302 e. The van der Waals surface area contributed by atoms with Gasteiger partial charge < -0.3 is 4.90 Å². The van der Waals surface area contributed by atoms with Gasteiger partial charge in [-0.25, -0.2) is 13.6 Å². The van der Waals surface area contributed by atoms with Crippen molar-refractivity contribution in [3.63, 3.8) is 0 Å². The van der Waals surface area contributed by atoms with Crippen LogP contribution in [0, 0.1) is 0 Å². The molecule has 2 N–H and O–H groups in total. The summed E-state index contributed by atoms with van der Waals surface area (Å²) >= 11 is 0. The minimum Gasteiger partial charge on any atom is -0.302 e. The van der Waals surface area contributed by atoms with E-state index in [1.807, 2.05) is 5.01 Å². The first-order valence-electron chi connectivity index (χ1n) is 6.13. The van der Waals surface area contributed by atoms with Crippen molar-refractivity contribution in [1.82, 2.24) is 9.91 Å². The average Bonchev–Trinajstić information content (AvgIpc) is 2.76. The van der Waals surface area contributed by atoms with Crippen LogP contribution in [-0.2, 0) is 10.0 Å². The molecule has 0 aromatic heterocycles. The Labute approximate surface area is 102 Å². The quantitative estimate of drug-likeness (QED) is 0.761. The Kier molecular flexibility index (Phi) is 4.01. The van der Waals surface area contributed by atoms with Gasteiger partial charge in [0.05, 0.1) is 0 Å². The summed E-state index contributed by atoms with van der Waals surface area (Å²) in [6, 6.07) is 0. The summed E-state index contributed by atoms with van der Waals surface area (Å²) in [6.45, 7) is 4.72. The minimum atomic E-state index is -3.58. The topological polar surface area (TPSA) is 79.0 Å². The van der Waals surface area contributed by atoms with Gasteiger partial charge in [-0.05, 0) is 25.9 Å². The van der Waals surface area contributed by atoms with Gasteiger partial charge in [-0.1, -0.05) is 6.42 Å². The van der Waals surface area contributed by atoms with Crippen LogP contribution >= 0.6 is 0 Å². The second-order valence-electron chi connectivity index (χ2n) is 4.64. The molecule has 1 fully saturated rings. The fourth-order valence-electron chi connectivity index (χ4n) is 2.28. The molecule has 1 saturated heterocycles. The molecule has 7 heteroatoms. The maximum absolute atomic E-state index is 11.1. The van der Waals surface area contributed by atoms with Crippen LogP contribution in [0.5, 0.6) is 0 Å². The van der Waals surface area contributed by atoms with Crippen LogP contribution in [0.25, 0.3) is 0 Å². The van der Waals surface area contributed by atoms with E-state index in [0.29, 0.717) is 13.0 Å². The molecule has 0 atom stereocenters. The molecule has 0 aromatic rings. The molecule has 2 heterocycles. The van der Waals surface area contributed by atoms with E-state index < -0.39 is 10.0 Å². The molecule has 2 rings (SSSR count). The minimum absolute atomic E-state index is 0.121. The number of rotatable bonds is 3. The zero-order valence-corrected chi connectivity index (χ0v) is 10.8. The molecule has 2 aliphatic rings. The van der Waals surface area contributed by atoms with Crippen LogP contribution in [0.4, 0.5) is 0 Å². The van der Waals surface area contributed by atoms with Crippen molar-refractivity contribution >= 4 is 15.1 Å². The van der Waals surface area contributed by atoms with Crippen molar-refractivity contribution in [1.29, 1.82) is 0 Å². The maximum atomic E-state index is 11.1. The van der Waals surface area contributed by atoms with E-state index in [2.05, 4.69) is 10.0 Å². The second kappa shape index (κ2) is 5.32. The number of hydrogen-bond acceptors (Lipinski definition) is 5. The van der Waals surface area contributed by atoms with E-state index in [1.165, 1.54) is 19.3 Å². The summed E-state index contributed by atoms with van der Waals surface area (Å²) in [7, 11) is -3.58. The molecule has 17 heavy (non-hydrogen) atoms. The van der Waals surface area contributed by atoms with Crippen molar-refractivity contribution in [2.75, 3.05) is 32.7 Å². The summed E-state index contributed by atoms with van der Waals surface area (Å²) < 4.78 is 22.2. The standard InChI is InChI=1S/C10H20N4O2S/c11-17(15,16)10-4-7-14(12-10)9-8-13-5-2-1-3-6-13/h1-9H2,(H2,11,15,16). The first-order valence-corrected chi connectivity index (χ1v) is 7.68. The normalized spacial score (nSPS) is 22.9. The number of nitrogens with two attached hydrogens (primary N) is 1. The van der Waals surface area contributed by atoms with E-state index in [0.717, 1.165) is 26.2 Å². The van der Waals surface area contributed by atoms with Gasteiger partial charge in [-0.2, -0.15) is 5.10 Å². The first kappa shape index (κ1) is 12.8. The van der Waals surface area contributed by atoms with Gasteiger partial charge in [0.15, 0.2) is 5.04 Å². The molecule has 0 aromatic carbocycles. The Hall–Kier alpha value is -0.660. The molecule has 2 aliphatic heterocycles. The van der Waals surface area contributed by atoms with Gasteiger partial charge in [-0.15, -0.1) is 0 Å². The summed E-state index contributed by atoms with van der Waals surface area (Å²) in [5, 5.41) is 11.0. The van der Waals surface area contributed by atoms with Crippen LogP contribution in [0.2, 0.25) is 0 Å². The van der Waals surface area contributed by atoms with Gasteiger partial charge in [0.1, 0.15) is 0 Å². The van der Waals surface area contributed by atoms with E-state index in [9.17, 15) is 8.42 Å². The number of hydrazone groups is 1. The van der Waals surface area contributed by atoms with E-state index >= 15 is 0 Å². The number of hydrogen-bond donors (Lipinski definition) is 1. The fraction of sp³-hybridized carbons (Fsp3) is 0.900. The highest BCUT2D eigenvalue weighted by molar-refractivity contribution is 8.04. The molecule has 0 bridgehead atoms. The van der Waals surface area contributed by atoms with Crippen molar-refractivity contribution in [3.05, 3.63) is 0 Å². The Bertz CT molecular complexity index is 387. The van der Waals surface area contributed by atoms with Crippen LogP contribution in [0.3, 0.4) is 0 Å². The number of likely N-dealkylation sites (tertiary alicyclic amines) is 1. The molecule has 0 amide bonds. The predicted octanol–water partition coefficient (Wildman–Crippen LogP) is -0.220. The molecule has 98 valence electrons. The number of piperidine rings is 1. The highest BCUT2D eigenvalue weighted by Crippen LogP contribution is 2.11. The highest BCUT2D eigenvalue weighted by atomic mass is 32.2. The average molecular weight is 260 g/mol. The third-order valence-electron chi connectivity index (χ3n) is 3.29. The lowest BCUT2D eigenvalue weighted by molar-refractivity contribution is 0.191. The predicted molar refractivity (Wildman–Crippen MR) is 67.0 cm³/mol. The summed E-state index contributed by atoms with van der Waals surface area (Å²) in [5.74, 6) is 0. The molecule has 6 nitrogen and oxygen atoms in total. The molecule has 0 radical (unpaired) electrons. The monoisotopic (exact) mass is 260 g/mol. The van der Waals surface area contributed by atoms with E-state index in [4.69, 9.17) is 5.14 Å². The number of nitrogens with zero attached hydrogens (tertiary/aromatic N) is 3. The number of sulfonamides is 1. The van der Waals surface area contributed by atoms with Gasteiger partial charge >= 0.3 is 0 Å². The Morgan fingerprint density at radius 1 is 1.12 bits per heavy atom. The first-order chi connectivity index (χ1) is 8.05. The molecular weight excluding hydrogens is 240 g/mol. The Morgan fingerprint density at radius 2 is 1.82 bits per heavy atom. The van der Waals surface area contributed by atoms with Gasteiger partial charge in [-0.3, -0.25) is 5.01 Å². The lowest BCUT2D eigenvalue weighted by Crippen LogP contribution is -2.35. The van der Waals surface area contributed by atoms with Crippen LogP contribution in [0.1, 0.15) is 25.7 Å². The zero-order chi connectivity index (χ0) is 12.3. The summed E-state index contributed by atoms with van der Waals surface area (Å²) in [5.41, 5.74) is 0. The SMILES string of the molecule is NS(=O)(=O)C1=NN(CCN2CCCCC2)CC1. The van der Waals surface area contributed by atoms with Crippen molar-refractivity contribution in [2.24, 2.45) is 10.2 Å². The van der Waals surface area contributed by atoms with Gasteiger partial charge in [0.2, 0.25) is 0 Å². The van der Waals surface area contributed by atoms with E-state index in [-0.39, 0.29) is 5.04 Å². The molecular formula is C10H20N4O2S. The van der Waals surface area contributed by atoms with Crippen LogP contribution in [-0.4, -0.2) is 56.1 Å². The lowest BCUT2D eigenvalue weighted by Gasteiger charge is -2.27. The third-order valence-corrected chi connectivity index (χ3v) is 4.23. The van der Waals surface area contributed by atoms with Crippen molar-refractivity contribution in [3.8, 4) is 0 Å². The second-order valence-corrected chi connectivity index (χ2v) is 6.21. The Balaban J connectivity index is 1.79. The third kappa shape index (κ3) is 3.65.